The molecule has 3 unspecified atom stereocenters. The third kappa shape index (κ3) is 2.10. The number of hydrogen-bond acceptors (Lipinski definition) is 1. The fourth-order valence-corrected chi connectivity index (χ4v) is 3.25. The van der Waals surface area contributed by atoms with Gasteiger partial charge >= 0.3 is 0 Å². The molecule has 0 aromatic rings. The molecule has 0 aromatic carbocycles. The van der Waals surface area contributed by atoms with Gasteiger partial charge in [-0.1, -0.05) is 37.1 Å². The fourth-order valence-electron chi connectivity index (χ4n) is 3.25. The van der Waals surface area contributed by atoms with Crippen molar-refractivity contribution in [3.8, 4) is 0 Å². The summed E-state index contributed by atoms with van der Waals surface area (Å²) in [6.45, 7) is 8.94. The first-order chi connectivity index (χ1) is 7.43. The minimum atomic E-state index is -0.154. The minimum absolute atomic E-state index is 0.154. The Hall–Kier alpha value is -0.560. The van der Waals surface area contributed by atoms with E-state index >= 15 is 0 Å². The predicted octanol–water partition coefficient (Wildman–Crippen LogP) is 3.70. The Morgan fingerprint density at radius 1 is 1.25 bits per heavy atom. The van der Waals surface area contributed by atoms with Crippen LogP contribution in [0.3, 0.4) is 0 Å². The van der Waals surface area contributed by atoms with Crippen LogP contribution in [0.5, 0.6) is 0 Å². The molecule has 1 N–H and O–H groups in total. The maximum Gasteiger partial charge on any atom is 0.0616 e. The second-order valence-corrected chi connectivity index (χ2v) is 6.25. The van der Waals surface area contributed by atoms with Crippen molar-refractivity contribution in [2.24, 2.45) is 17.3 Å². The quantitative estimate of drug-likeness (QED) is 0.617. The number of aliphatic hydroxyl groups excluding tert-OH is 1. The first-order valence-electron chi connectivity index (χ1n) is 6.44. The minimum Gasteiger partial charge on any atom is -0.392 e. The third-order valence-corrected chi connectivity index (χ3v) is 4.44. The molecule has 2 rings (SSSR count). The summed E-state index contributed by atoms with van der Waals surface area (Å²) in [6, 6.07) is 0. The lowest BCUT2D eigenvalue weighted by Gasteiger charge is -2.13. The smallest absolute Gasteiger partial charge is 0.0616 e. The van der Waals surface area contributed by atoms with Crippen LogP contribution >= 0.6 is 0 Å². The van der Waals surface area contributed by atoms with Crippen molar-refractivity contribution in [1.82, 2.24) is 0 Å². The Balaban J connectivity index is 2.22. The maximum atomic E-state index is 10.3. The van der Waals surface area contributed by atoms with E-state index in [0.29, 0.717) is 17.3 Å². The first kappa shape index (κ1) is 11.9. The van der Waals surface area contributed by atoms with Crippen LogP contribution in [-0.4, -0.2) is 11.2 Å². The molecule has 1 fully saturated rings. The Morgan fingerprint density at radius 3 is 2.62 bits per heavy atom. The van der Waals surface area contributed by atoms with E-state index in [1.165, 1.54) is 17.6 Å². The SMILES string of the molecule is CC1=CC2C(C(O)CC(C)=CCC1)C2(C)C. The van der Waals surface area contributed by atoms with Crippen LogP contribution in [0.2, 0.25) is 0 Å². The Morgan fingerprint density at radius 2 is 1.94 bits per heavy atom. The zero-order chi connectivity index (χ0) is 11.9. The van der Waals surface area contributed by atoms with Crippen molar-refractivity contribution < 1.29 is 5.11 Å². The third-order valence-electron chi connectivity index (χ3n) is 4.44. The largest absolute Gasteiger partial charge is 0.392 e. The van der Waals surface area contributed by atoms with E-state index in [1.54, 1.807) is 0 Å². The van der Waals surface area contributed by atoms with Gasteiger partial charge in [0.25, 0.3) is 0 Å². The molecule has 0 heterocycles. The summed E-state index contributed by atoms with van der Waals surface area (Å²) in [6.07, 6.45) is 7.69. The average molecular weight is 220 g/mol. The zero-order valence-corrected chi connectivity index (χ0v) is 11.0. The van der Waals surface area contributed by atoms with Crippen molar-refractivity contribution in [3.63, 3.8) is 0 Å². The highest BCUT2D eigenvalue weighted by molar-refractivity contribution is 5.22. The molecule has 0 amide bonds. The highest BCUT2D eigenvalue weighted by Gasteiger charge is 2.59. The topological polar surface area (TPSA) is 20.2 Å². The van der Waals surface area contributed by atoms with Crippen molar-refractivity contribution in [2.75, 3.05) is 0 Å². The molecule has 0 radical (unpaired) electrons. The fraction of sp³-hybridized carbons (Fsp3) is 0.733. The molecule has 90 valence electrons. The molecule has 0 aromatic heterocycles. The van der Waals surface area contributed by atoms with Crippen LogP contribution in [0.25, 0.3) is 0 Å². The number of hydrogen-bond donors (Lipinski definition) is 1. The highest BCUT2D eigenvalue weighted by Crippen LogP contribution is 2.61. The van der Waals surface area contributed by atoms with Gasteiger partial charge < -0.3 is 5.11 Å². The highest BCUT2D eigenvalue weighted by atomic mass is 16.3. The van der Waals surface area contributed by atoms with Crippen LogP contribution in [0.1, 0.15) is 47.0 Å². The van der Waals surface area contributed by atoms with E-state index in [9.17, 15) is 5.11 Å². The summed E-state index contributed by atoms with van der Waals surface area (Å²) in [4.78, 5) is 0. The van der Waals surface area contributed by atoms with E-state index in [-0.39, 0.29) is 6.10 Å². The monoisotopic (exact) mass is 220 g/mol. The van der Waals surface area contributed by atoms with Gasteiger partial charge in [0.05, 0.1) is 6.10 Å². The van der Waals surface area contributed by atoms with Gasteiger partial charge in [0, 0.05) is 0 Å². The lowest BCUT2D eigenvalue weighted by Crippen LogP contribution is -2.14. The molecule has 0 saturated heterocycles. The number of allylic oxidation sites excluding steroid dienone is 3. The maximum absolute atomic E-state index is 10.3. The average Bonchev–Trinajstić information content (AvgIpc) is 2.67. The number of rotatable bonds is 0. The second kappa shape index (κ2) is 4.03. The van der Waals surface area contributed by atoms with Gasteiger partial charge in [0.1, 0.15) is 0 Å². The molecule has 1 nitrogen and oxygen atoms in total. The summed E-state index contributed by atoms with van der Waals surface area (Å²) in [5, 5.41) is 10.3. The van der Waals surface area contributed by atoms with Crippen LogP contribution in [0.15, 0.2) is 23.3 Å². The molecule has 0 spiro atoms. The summed E-state index contributed by atoms with van der Waals surface area (Å²) in [5.41, 5.74) is 3.13. The van der Waals surface area contributed by atoms with Gasteiger partial charge in [0.2, 0.25) is 0 Å². The second-order valence-electron chi connectivity index (χ2n) is 6.25. The van der Waals surface area contributed by atoms with Gasteiger partial charge in [-0.25, -0.2) is 0 Å². The van der Waals surface area contributed by atoms with Gasteiger partial charge in [-0.15, -0.1) is 0 Å². The lowest BCUT2D eigenvalue weighted by molar-refractivity contribution is 0.135. The first-order valence-corrected chi connectivity index (χ1v) is 6.44. The molecule has 1 saturated carbocycles. The van der Waals surface area contributed by atoms with Crippen molar-refractivity contribution in [1.29, 1.82) is 0 Å². The lowest BCUT2D eigenvalue weighted by atomic mass is 9.99. The molecule has 16 heavy (non-hydrogen) atoms. The van der Waals surface area contributed by atoms with Crippen LogP contribution in [0, 0.1) is 17.3 Å². The molecular weight excluding hydrogens is 196 g/mol. The summed E-state index contributed by atoms with van der Waals surface area (Å²) < 4.78 is 0. The Labute approximate surface area is 99.3 Å². The van der Waals surface area contributed by atoms with Gasteiger partial charge in [-0.3, -0.25) is 0 Å². The van der Waals surface area contributed by atoms with Crippen LogP contribution in [0.4, 0.5) is 0 Å². The normalized spacial score (nSPS) is 38.2. The molecule has 2 aliphatic carbocycles. The summed E-state index contributed by atoms with van der Waals surface area (Å²) in [7, 11) is 0. The summed E-state index contributed by atoms with van der Waals surface area (Å²) in [5.74, 6) is 1.05. The molecule has 2 aliphatic rings. The van der Waals surface area contributed by atoms with E-state index in [1.807, 2.05) is 0 Å². The van der Waals surface area contributed by atoms with Crippen molar-refractivity contribution in [3.05, 3.63) is 23.3 Å². The van der Waals surface area contributed by atoms with E-state index in [2.05, 4.69) is 39.8 Å². The van der Waals surface area contributed by atoms with Gasteiger partial charge in [0.15, 0.2) is 0 Å². The molecular formula is C15H24O. The van der Waals surface area contributed by atoms with Gasteiger partial charge in [-0.2, -0.15) is 0 Å². The predicted molar refractivity (Wildman–Crippen MR) is 68.1 cm³/mol. The van der Waals surface area contributed by atoms with Crippen molar-refractivity contribution >= 4 is 0 Å². The van der Waals surface area contributed by atoms with Crippen LogP contribution in [-0.2, 0) is 0 Å². The molecule has 3 atom stereocenters. The molecule has 0 aliphatic heterocycles. The molecule has 0 bridgehead atoms. The molecule has 1 heteroatoms. The summed E-state index contributed by atoms with van der Waals surface area (Å²) >= 11 is 0. The van der Waals surface area contributed by atoms with E-state index < -0.39 is 0 Å². The standard InChI is InChI=1S/C15H24O/c1-10-6-5-7-11(2)9-13(16)14-12(8-10)15(14,3)4/h7-8,12-14,16H,5-6,9H2,1-4H3. The van der Waals surface area contributed by atoms with Gasteiger partial charge in [-0.05, 0) is 50.4 Å². The van der Waals surface area contributed by atoms with Crippen molar-refractivity contribution in [2.45, 2.75) is 53.1 Å². The Kier molecular flexibility index (Phi) is 3.00. The Bertz CT molecular complexity index is 335. The number of fused-ring (bicyclic) bond motifs is 1. The van der Waals surface area contributed by atoms with E-state index in [4.69, 9.17) is 0 Å². The zero-order valence-electron chi connectivity index (χ0n) is 11.0. The number of aliphatic hydroxyl groups is 1. The van der Waals surface area contributed by atoms with Crippen LogP contribution < -0.4 is 0 Å². The van der Waals surface area contributed by atoms with E-state index in [0.717, 1.165) is 12.8 Å².